The first-order chi connectivity index (χ1) is 17.4. The van der Waals surface area contributed by atoms with Crippen molar-refractivity contribution in [3.8, 4) is 0 Å². The van der Waals surface area contributed by atoms with Gasteiger partial charge in [0.15, 0.2) is 0 Å². The summed E-state index contributed by atoms with van der Waals surface area (Å²) < 4.78 is 5.37. The van der Waals surface area contributed by atoms with Crippen molar-refractivity contribution in [3.63, 3.8) is 0 Å². The molecule has 0 aliphatic heterocycles. The predicted molar refractivity (Wildman–Crippen MR) is 152 cm³/mol. The fourth-order valence-corrected chi connectivity index (χ4v) is 5.71. The summed E-state index contributed by atoms with van der Waals surface area (Å²) in [5, 5.41) is 32.3. The van der Waals surface area contributed by atoms with E-state index < -0.39 is 30.5 Å². The van der Waals surface area contributed by atoms with Crippen molar-refractivity contribution in [3.05, 3.63) is 48.6 Å². The van der Waals surface area contributed by atoms with Crippen molar-refractivity contribution in [2.45, 2.75) is 104 Å². The van der Waals surface area contributed by atoms with Gasteiger partial charge in [0.25, 0.3) is 0 Å². The van der Waals surface area contributed by atoms with Gasteiger partial charge in [-0.3, -0.25) is 0 Å². The highest BCUT2D eigenvalue weighted by Crippen LogP contribution is 2.30. The van der Waals surface area contributed by atoms with Crippen LogP contribution in [0.25, 0.3) is 0 Å². The molecule has 0 aromatic carbocycles. The summed E-state index contributed by atoms with van der Waals surface area (Å²) in [6.07, 6.45) is 14.4. The average molecular weight is 520 g/mol. The molecule has 1 fully saturated rings. The van der Waals surface area contributed by atoms with Crippen LogP contribution in [0, 0.1) is 35.5 Å². The molecule has 0 aromatic heterocycles. The van der Waals surface area contributed by atoms with Gasteiger partial charge in [-0.15, -0.1) is 0 Å². The summed E-state index contributed by atoms with van der Waals surface area (Å²) in [6.45, 7) is 15.4. The van der Waals surface area contributed by atoms with Crippen molar-refractivity contribution in [2.24, 2.45) is 41.2 Å². The van der Waals surface area contributed by atoms with Gasteiger partial charge in [-0.05, 0) is 31.6 Å². The number of rotatable bonds is 16. The maximum Gasteiger partial charge on any atom is 0.404 e. The van der Waals surface area contributed by atoms with Crippen LogP contribution >= 0.6 is 0 Å². The van der Waals surface area contributed by atoms with Crippen molar-refractivity contribution < 1.29 is 24.9 Å². The third-order valence-electron chi connectivity index (χ3n) is 7.92. The number of primary amides is 1. The molecule has 0 aromatic rings. The molecule has 5 unspecified atom stereocenters. The molecule has 0 radical (unpaired) electrons. The van der Waals surface area contributed by atoms with Gasteiger partial charge in [-0.2, -0.15) is 0 Å². The second kappa shape index (κ2) is 16.8. The molecule has 6 nitrogen and oxygen atoms in total. The smallest absolute Gasteiger partial charge is 0.404 e. The number of ether oxygens (including phenoxy) is 1. The molecule has 0 heterocycles. The summed E-state index contributed by atoms with van der Waals surface area (Å²) in [7, 11) is 0. The van der Waals surface area contributed by atoms with E-state index in [4.69, 9.17) is 10.5 Å². The lowest BCUT2D eigenvalue weighted by atomic mass is 9.81. The molecule has 5 N–H and O–H groups in total. The maximum absolute atomic E-state index is 11.5. The number of carbonyl (C=O) groups is 1. The van der Waals surface area contributed by atoms with E-state index in [1.54, 1.807) is 12.2 Å². The number of hydrogen-bond donors (Lipinski definition) is 4. The molecule has 1 amide bonds. The van der Waals surface area contributed by atoms with E-state index in [9.17, 15) is 20.1 Å². The molecule has 1 aliphatic carbocycles. The highest BCUT2D eigenvalue weighted by molar-refractivity contribution is 5.64. The van der Waals surface area contributed by atoms with Crippen LogP contribution in [-0.4, -0.2) is 45.8 Å². The summed E-state index contributed by atoms with van der Waals surface area (Å²) >= 11 is 0. The van der Waals surface area contributed by atoms with Crippen LogP contribution in [0.2, 0.25) is 0 Å². The highest BCUT2D eigenvalue weighted by atomic mass is 16.6. The zero-order valence-electron chi connectivity index (χ0n) is 23.9. The van der Waals surface area contributed by atoms with E-state index in [2.05, 4.69) is 12.7 Å². The molecule has 1 saturated carbocycles. The molecule has 212 valence electrons. The Labute approximate surface area is 225 Å². The summed E-state index contributed by atoms with van der Waals surface area (Å²) in [5.41, 5.74) is 6.38. The summed E-state index contributed by atoms with van der Waals surface area (Å²) in [4.78, 5) is 11.5. The van der Waals surface area contributed by atoms with Gasteiger partial charge in [0.1, 0.15) is 6.10 Å². The first-order valence-electron chi connectivity index (χ1n) is 14.0. The zero-order valence-corrected chi connectivity index (χ0v) is 23.9. The largest absolute Gasteiger partial charge is 0.445 e. The lowest BCUT2D eigenvalue weighted by Gasteiger charge is -2.33. The first-order valence-corrected chi connectivity index (χ1v) is 14.0. The van der Waals surface area contributed by atoms with Gasteiger partial charge in [0.05, 0.1) is 18.3 Å². The minimum Gasteiger partial charge on any atom is -0.445 e. The van der Waals surface area contributed by atoms with E-state index >= 15 is 0 Å². The van der Waals surface area contributed by atoms with Gasteiger partial charge < -0.3 is 25.8 Å². The Balaban J connectivity index is 2.71. The monoisotopic (exact) mass is 519 g/mol. The van der Waals surface area contributed by atoms with Crippen LogP contribution in [-0.2, 0) is 4.74 Å². The first kappa shape index (κ1) is 33.1. The fraction of sp³-hybridized carbons (Fsp3) is 0.710. The zero-order chi connectivity index (χ0) is 28.1. The van der Waals surface area contributed by atoms with Crippen LogP contribution < -0.4 is 5.73 Å². The Morgan fingerprint density at radius 1 is 0.973 bits per heavy atom. The Bertz CT molecular complexity index is 770. The molecule has 0 saturated heterocycles. The molecular formula is C31H53NO5. The van der Waals surface area contributed by atoms with Crippen LogP contribution in [0.3, 0.4) is 0 Å². The topological polar surface area (TPSA) is 113 Å². The molecule has 6 heteroatoms. The van der Waals surface area contributed by atoms with E-state index in [0.717, 1.165) is 12.0 Å². The van der Waals surface area contributed by atoms with E-state index in [-0.39, 0.29) is 29.6 Å². The normalized spacial score (nSPS) is 22.8. The fourth-order valence-electron chi connectivity index (χ4n) is 5.71. The Morgan fingerprint density at radius 3 is 2.16 bits per heavy atom. The molecule has 0 bridgehead atoms. The van der Waals surface area contributed by atoms with E-state index in [1.165, 1.54) is 25.7 Å². The number of nitrogens with two attached hydrogens (primary N) is 1. The van der Waals surface area contributed by atoms with Gasteiger partial charge in [0, 0.05) is 23.7 Å². The summed E-state index contributed by atoms with van der Waals surface area (Å²) in [6, 6.07) is 0. The number of aliphatic hydroxyl groups excluding tert-OH is 3. The van der Waals surface area contributed by atoms with Gasteiger partial charge in [-0.1, -0.05) is 109 Å². The van der Waals surface area contributed by atoms with Gasteiger partial charge in [-0.25, -0.2) is 4.79 Å². The van der Waals surface area contributed by atoms with Crippen LogP contribution in [0.1, 0.15) is 80.1 Å². The molecule has 37 heavy (non-hydrogen) atoms. The second-order valence-electron chi connectivity index (χ2n) is 11.5. The Kier molecular flexibility index (Phi) is 15.1. The summed E-state index contributed by atoms with van der Waals surface area (Å²) in [5.74, 6) is -0.105. The Hall–Kier alpha value is -1.89. The number of aliphatic hydroxyl groups is 3. The predicted octanol–water partition coefficient (Wildman–Crippen LogP) is 5.93. The molecular weight excluding hydrogens is 466 g/mol. The van der Waals surface area contributed by atoms with E-state index in [0.29, 0.717) is 12.3 Å². The minimum absolute atomic E-state index is 0.0802. The van der Waals surface area contributed by atoms with Crippen molar-refractivity contribution in [1.82, 2.24) is 0 Å². The molecule has 0 spiro atoms. The third kappa shape index (κ3) is 12.0. The van der Waals surface area contributed by atoms with Crippen LogP contribution in [0.5, 0.6) is 0 Å². The number of carbonyl (C=O) groups excluding carboxylic acids is 1. The van der Waals surface area contributed by atoms with Crippen molar-refractivity contribution >= 4 is 6.09 Å². The number of allylic oxidation sites excluding steroid dienone is 3. The van der Waals surface area contributed by atoms with E-state index in [1.807, 2.05) is 59.8 Å². The van der Waals surface area contributed by atoms with Crippen LogP contribution in [0.4, 0.5) is 4.79 Å². The molecule has 9 atom stereocenters. The maximum atomic E-state index is 11.5. The third-order valence-corrected chi connectivity index (χ3v) is 7.92. The lowest BCUT2D eigenvalue weighted by molar-refractivity contribution is -0.0266. The lowest BCUT2D eigenvalue weighted by Crippen LogP contribution is -2.41. The molecule has 1 rings (SSSR count). The number of hydrogen-bond acceptors (Lipinski definition) is 5. The highest BCUT2D eigenvalue weighted by Gasteiger charge is 2.33. The van der Waals surface area contributed by atoms with Crippen molar-refractivity contribution in [1.29, 1.82) is 0 Å². The number of amides is 1. The standard InChI is InChI=1S/C31H53NO5/c1-8-9-12-22(4)30(37-31(32)36)25(7)29(35)24(6)18-20(2)17-23(5)28(34)21(3)15-16-27(33)19-26-13-10-11-14-26/h8-9,12,15-17,21-30,33-35H,1,10-11,13-14,18-19H2,2-7H3,(H2,32,36)/t21-,22-,23-,24?,25?,27?,28-,29?,30?/m0/s1. The van der Waals surface area contributed by atoms with Crippen LogP contribution in [0.15, 0.2) is 48.6 Å². The SMILES string of the molecule is C=CC=C[C@H](C)C(OC(N)=O)C(C)C(O)C(C)CC(C)=C[C@H](C)[C@@H](O)[C@@H](C)C=CC(O)CC1CCCC1. The van der Waals surface area contributed by atoms with Gasteiger partial charge >= 0.3 is 6.09 Å². The minimum atomic E-state index is -0.858. The molecule has 1 aliphatic rings. The average Bonchev–Trinajstić information content (AvgIpc) is 3.35. The van der Waals surface area contributed by atoms with Gasteiger partial charge in [0.2, 0.25) is 0 Å². The second-order valence-corrected chi connectivity index (χ2v) is 11.5. The Morgan fingerprint density at radius 2 is 1.59 bits per heavy atom. The quantitative estimate of drug-likeness (QED) is 0.149. The van der Waals surface area contributed by atoms with Crippen molar-refractivity contribution in [2.75, 3.05) is 0 Å².